The van der Waals surface area contributed by atoms with Gasteiger partial charge in [-0.1, -0.05) is 12.1 Å². The number of hydrogen-bond acceptors (Lipinski definition) is 1. The van der Waals surface area contributed by atoms with E-state index in [0.29, 0.717) is 10.2 Å². The van der Waals surface area contributed by atoms with Crippen LogP contribution in [0.15, 0.2) is 28.7 Å². The summed E-state index contributed by atoms with van der Waals surface area (Å²) in [5.74, 6) is 0. The summed E-state index contributed by atoms with van der Waals surface area (Å²) in [4.78, 5) is 0. The fourth-order valence-corrected chi connectivity index (χ4v) is 1.29. The molecule has 0 saturated heterocycles. The third kappa shape index (κ3) is 2.90. The zero-order valence-electron chi connectivity index (χ0n) is 7.40. The zero-order valence-corrected chi connectivity index (χ0v) is 8.98. The van der Waals surface area contributed by atoms with Crippen LogP contribution in [0, 0.1) is 0 Å². The van der Waals surface area contributed by atoms with Crippen molar-refractivity contribution < 1.29 is 13.2 Å². The molecule has 0 radical (unpaired) electrons. The van der Waals surface area contributed by atoms with Gasteiger partial charge in [-0.3, -0.25) is 0 Å². The number of nitrogens with one attached hydrogen (secondary N) is 1. The van der Waals surface area contributed by atoms with Gasteiger partial charge in [0.1, 0.15) is 6.04 Å². The van der Waals surface area contributed by atoms with Crippen molar-refractivity contribution in [2.45, 2.75) is 19.1 Å². The number of alkyl halides is 3. The first kappa shape index (κ1) is 11.4. The summed E-state index contributed by atoms with van der Waals surface area (Å²) in [6.07, 6.45) is -4.23. The Balaban J connectivity index is 2.75. The Bertz CT molecular complexity index is 311. The average molecular weight is 268 g/mol. The topological polar surface area (TPSA) is 12.0 Å². The minimum Gasteiger partial charge on any atom is -0.373 e. The van der Waals surface area contributed by atoms with Crippen LogP contribution in [0.4, 0.5) is 18.9 Å². The minimum atomic E-state index is -4.23. The van der Waals surface area contributed by atoms with Crippen molar-refractivity contribution >= 4 is 21.6 Å². The quantitative estimate of drug-likeness (QED) is 0.859. The third-order valence-electron chi connectivity index (χ3n) is 1.74. The molecule has 1 atom stereocenters. The number of hydrogen-bond donors (Lipinski definition) is 1. The molecule has 1 aromatic rings. The lowest BCUT2D eigenvalue weighted by Gasteiger charge is -2.19. The number of para-hydroxylation sites is 1. The molecule has 0 bridgehead atoms. The van der Waals surface area contributed by atoms with Crippen molar-refractivity contribution in [3.05, 3.63) is 28.7 Å². The number of rotatable bonds is 2. The minimum absolute atomic E-state index is 0.442. The fourth-order valence-electron chi connectivity index (χ4n) is 0.893. The Morgan fingerprint density at radius 3 is 2.36 bits per heavy atom. The molecule has 0 aliphatic carbocycles. The van der Waals surface area contributed by atoms with E-state index in [-0.39, 0.29) is 0 Å². The molecule has 1 nitrogen and oxygen atoms in total. The molecule has 1 N–H and O–H groups in total. The molecule has 0 aliphatic heterocycles. The summed E-state index contributed by atoms with van der Waals surface area (Å²) >= 11 is 3.16. The van der Waals surface area contributed by atoms with Crippen LogP contribution in [0.5, 0.6) is 0 Å². The van der Waals surface area contributed by atoms with Crippen molar-refractivity contribution in [1.82, 2.24) is 0 Å². The molecule has 14 heavy (non-hydrogen) atoms. The summed E-state index contributed by atoms with van der Waals surface area (Å²) in [5, 5.41) is 2.38. The first-order chi connectivity index (χ1) is 6.41. The molecule has 0 amide bonds. The van der Waals surface area contributed by atoms with E-state index in [1.54, 1.807) is 24.3 Å². The molecule has 0 fully saturated rings. The van der Waals surface area contributed by atoms with Crippen LogP contribution in [0.1, 0.15) is 6.92 Å². The van der Waals surface area contributed by atoms with Crippen molar-refractivity contribution in [3.8, 4) is 0 Å². The molecule has 0 heterocycles. The molecule has 0 saturated carbocycles. The smallest absolute Gasteiger partial charge is 0.373 e. The first-order valence-electron chi connectivity index (χ1n) is 3.99. The van der Waals surface area contributed by atoms with Gasteiger partial charge in [0, 0.05) is 10.2 Å². The Hall–Kier alpha value is -0.710. The summed E-state index contributed by atoms with van der Waals surface area (Å²) < 4.78 is 37.2. The average Bonchev–Trinajstić information content (AvgIpc) is 2.07. The highest BCUT2D eigenvalue weighted by Crippen LogP contribution is 2.27. The van der Waals surface area contributed by atoms with Crippen molar-refractivity contribution in [2.24, 2.45) is 0 Å². The number of benzene rings is 1. The van der Waals surface area contributed by atoms with Crippen molar-refractivity contribution in [2.75, 3.05) is 5.32 Å². The molecule has 5 heteroatoms. The van der Waals surface area contributed by atoms with Crippen LogP contribution in [0.3, 0.4) is 0 Å². The second-order valence-electron chi connectivity index (χ2n) is 2.89. The van der Waals surface area contributed by atoms with Gasteiger partial charge in [-0.25, -0.2) is 0 Å². The van der Waals surface area contributed by atoms with Gasteiger partial charge in [-0.2, -0.15) is 13.2 Å². The molecule has 1 unspecified atom stereocenters. The summed E-state index contributed by atoms with van der Waals surface area (Å²) in [5.41, 5.74) is 0.442. The maximum Gasteiger partial charge on any atom is 0.408 e. The van der Waals surface area contributed by atoms with Crippen molar-refractivity contribution in [3.63, 3.8) is 0 Å². The Morgan fingerprint density at radius 1 is 1.29 bits per heavy atom. The molecule has 0 aromatic heterocycles. The number of halogens is 4. The Kier molecular flexibility index (Phi) is 3.42. The van der Waals surface area contributed by atoms with E-state index in [0.717, 1.165) is 6.92 Å². The highest BCUT2D eigenvalue weighted by molar-refractivity contribution is 9.10. The second-order valence-corrected chi connectivity index (χ2v) is 3.74. The molecule has 78 valence electrons. The normalized spacial score (nSPS) is 13.8. The maximum atomic E-state index is 12.2. The van der Waals surface area contributed by atoms with Gasteiger partial charge in [0.25, 0.3) is 0 Å². The summed E-state index contributed by atoms with van der Waals surface area (Å²) in [6.45, 7) is 1.08. The van der Waals surface area contributed by atoms with Crippen molar-refractivity contribution in [1.29, 1.82) is 0 Å². The molecular weight excluding hydrogens is 259 g/mol. The highest BCUT2D eigenvalue weighted by atomic mass is 79.9. The predicted molar refractivity (Wildman–Crippen MR) is 53.3 cm³/mol. The van der Waals surface area contributed by atoms with E-state index in [4.69, 9.17) is 0 Å². The molecule has 1 rings (SSSR count). The highest BCUT2D eigenvalue weighted by Gasteiger charge is 2.36. The molecular formula is C9H9BrF3N. The van der Waals surface area contributed by atoms with Gasteiger partial charge in [0.2, 0.25) is 0 Å². The lowest BCUT2D eigenvalue weighted by atomic mass is 10.2. The zero-order chi connectivity index (χ0) is 10.8. The molecule has 0 aliphatic rings. The van der Waals surface area contributed by atoms with E-state index < -0.39 is 12.2 Å². The SMILES string of the molecule is CC(Nc1ccccc1Br)C(F)(F)F. The molecule has 1 aromatic carbocycles. The second kappa shape index (κ2) is 4.21. The summed E-state index contributed by atoms with van der Waals surface area (Å²) in [6, 6.07) is 5.14. The largest absolute Gasteiger partial charge is 0.408 e. The standard InChI is InChI=1S/C9H9BrF3N/c1-6(9(11,12)13)14-8-5-3-2-4-7(8)10/h2-6,14H,1H3. The van der Waals surface area contributed by atoms with E-state index in [1.807, 2.05) is 0 Å². The summed E-state index contributed by atoms with van der Waals surface area (Å²) in [7, 11) is 0. The fraction of sp³-hybridized carbons (Fsp3) is 0.333. The Morgan fingerprint density at radius 2 is 1.86 bits per heavy atom. The number of anilines is 1. The van der Waals surface area contributed by atoms with Gasteiger partial charge in [0.15, 0.2) is 0 Å². The van der Waals surface area contributed by atoms with Gasteiger partial charge >= 0.3 is 6.18 Å². The maximum absolute atomic E-state index is 12.2. The van der Waals surface area contributed by atoms with Crippen LogP contribution in [0.25, 0.3) is 0 Å². The van der Waals surface area contributed by atoms with Gasteiger partial charge in [-0.15, -0.1) is 0 Å². The van der Waals surface area contributed by atoms with Crippen LogP contribution in [-0.2, 0) is 0 Å². The van der Waals surface area contributed by atoms with Crippen LogP contribution < -0.4 is 5.32 Å². The lowest BCUT2D eigenvalue weighted by molar-refractivity contribution is -0.138. The predicted octanol–water partition coefficient (Wildman–Crippen LogP) is 3.81. The van der Waals surface area contributed by atoms with E-state index >= 15 is 0 Å². The van der Waals surface area contributed by atoms with Gasteiger partial charge in [0.05, 0.1) is 0 Å². The van der Waals surface area contributed by atoms with E-state index in [2.05, 4.69) is 21.2 Å². The monoisotopic (exact) mass is 267 g/mol. The van der Waals surface area contributed by atoms with E-state index in [9.17, 15) is 13.2 Å². The van der Waals surface area contributed by atoms with Crippen LogP contribution in [0.2, 0.25) is 0 Å². The Labute approximate surface area is 88.4 Å². The van der Waals surface area contributed by atoms with Gasteiger partial charge in [-0.05, 0) is 35.0 Å². The first-order valence-corrected chi connectivity index (χ1v) is 4.78. The third-order valence-corrected chi connectivity index (χ3v) is 2.43. The van der Waals surface area contributed by atoms with Crippen LogP contribution >= 0.6 is 15.9 Å². The van der Waals surface area contributed by atoms with E-state index in [1.165, 1.54) is 0 Å². The van der Waals surface area contributed by atoms with Crippen LogP contribution in [-0.4, -0.2) is 12.2 Å². The lowest BCUT2D eigenvalue weighted by Crippen LogP contribution is -2.33. The molecule has 0 spiro atoms. The van der Waals surface area contributed by atoms with Gasteiger partial charge < -0.3 is 5.32 Å².